The van der Waals surface area contributed by atoms with Gasteiger partial charge in [0.05, 0.1) is 12.7 Å². The maximum absolute atomic E-state index is 9.24. The number of hydrogen-bond acceptors (Lipinski definition) is 2. The fraction of sp³-hybridized carbons (Fsp3) is 1.00. The lowest BCUT2D eigenvalue weighted by Crippen LogP contribution is -2.17. The molecule has 0 saturated heterocycles. The number of rotatable bonds is 2. The molecule has 0 aromatic rings. The van der Waals surface area contributed by atoms with Crippen LogP contribution in [0.5, 0.6) is 0 Å². The van der Waals surface area contributed by atoms with Gasteiger partial charge in [-0.1, -0.05) is 6.42 Å². The summed E-state index contributed by atoms with van der Waals surface area (Å²) in [5, 5.41) is 9.24. The topological polar surface area (TPSA) is 29.5 Å². The zero-order valence-corrected chi connectivity index (χ0v) is 5.84. The van der Waals surface area contributed by atoms with Crippen molar-refractivity contribution in [2.45, 2.75) is 25.4 Å². The summed E-state index contributed by atoms with van der Waals surface area (Å²) in [6.45, 7) is 0.723. The quantitative estimate of drug-likeness (QED) is 0.599. The Hall–Kier alpha value is -0.0800. The monoisotopic (exact) mass is 130 g/mol. The van der Waals surface area contributed by atoms with Crippen molar-refractivity contribution in [1.82, 2.24) is 0 Å². The van der Waals surface area contributed by atoms with E-state index in [0.717, 1.165) is 25.9 Å². The molecule has 0 aliphatic heterocycles. The molecule has 0 heterocycles. The van der Waals surface area contributed by atoms with Crippen LogP contribution in [-0.4, -0.2) is 24.9 Å². The van der Waals surface area contributed by atoms with Crippen LogP contribution in [0.3, 0.4) is 0 Å². The third-order valence-corrected chi connectivity index (χ3v) is 2.00. The van der Waals surface area contributed by atoms with E-state index in [1.165, 1.54) is 0 Å². The fourth-order valence-corrected chi connectivity index (χ4v) is 1.43. The average molecular weight is 130 g/mol. The van der Waals surface area contributed by atoms with Crippen molar-refractivity contribution in [2.24, 2.45) is 5.92 Å². The molecule has 9 heavy (non-hydrogen) atoms. The molecule has 54 valence electrons. The Morgan fingerprint density at radius 1 is 1.56 bits per heavy atom. The summed E-state index contributed by atoms with van der Waals surface area (Å²) in [5.74, 6) is 0.412. The molecule has 1 saturated carbocycles. The van der Waals surface area contributed by atoms with E-state index in [0.29, 0.717) is 5.92 Å². The van der Waals surface area contributed by atoms with Crippen LogP contribution in [-0.2, 0) is 4.74 Å². The maximum atomic E-state index is 9.24. The first kappa shape index (κ1) is 7.03. The standard InChI is InChI=1S/C7H14O2/c1-9-5-6-3-2-4-7(6)8/h6-8H,2-5H2,1H3/t6-,7-/m0/s1. The van der Waals surface area contributed by atoms with E-state index in [4.69, 9.17) is 4.74 Å². The van der Waals surface area contributed by atoms with Crippen molar-refractivity contribution < 1.29 is 9.84 Å². The van der Waals surface area contributed by atoms with Gasteiger partial charge in [-0.25, -0.2) is 0 Å². The van der Waals surface area contributed by atoms with Crippen molar-refractivity contribution in [3.05, 3.63) is 0 Å². The van der Waals surface area contributed by atoms with Crippen molar-refractivity contribution in [3.8, 4) is 0 Å². The molecule has 0 unspecified atom stereocenters. The molecule has 2 heteroatoms. The molecule has 1 N–H and O–H groups in total. The first-order valence-corrected chi connectivity index (χ1v) is 3.51. The predicted molar refractivity (Wildman–Crippen MR) is 35.2 cm³/mol. The van der Waals surface area contributed by atoms with Crippen LogP contribution < -0.4 is 0 Å². The summed E-state index contributed by atoms with van der Waals surface area (Å²) in [6, 6.07) is 0. The van der Waals surface area contributed by atoms with E-state index in [1.54, 1.807) is 7.11 Å². The van der Waals surface area contributed by atoms with Crippen molar-refractivity contribution in [3.63, 3.8) is 0 Å². The van der Waals surface area contributed by atoms with Crippen LogP contribution in [0.4, 0.5) is 0 Å². The van der Waals surface area contributed by atoms with Gasteiger partial charge in [-0.2, -0.15) is 0 Å². The first-order chi connectivity index (χ1) is 4.34. The molecule has 2 atom stereocenters. The van der Waals surface area contributed by atoms with Crippen molar-refractivity contribution in [1.29, 1.82) is 0 Å². The third-order valence-electron chi connectivity index (χ3n) is 2.00. The van der Waals surface area contributed by atoms with E-state index in [1.807, 2.05) is 0 Å². The first-order valence-electron chi connectivity index (χ1n) is 3.51. The molecule has 0 aromatic heterocycles. The average Bonchev–Trinajstić information content (AvgIpc) is 2.18. The van der Waals surface area contributed by atoms with Crippen LogP contribution in [0.25, 0.3) is 0 Å². The number of aliphatic hydroxyl groups excluding tert-OH is 1. The fourth-order valence-electron chi connectivity index (χ4n) is 1.43. The zero-order valence-electron chi connectivity index (χ0n) is 5.84. The van der Waals surface area contributed by atoms with Gasteiger partial charge in [0.2, 0.25) is 0 Å². The Labute approximate surface area is 55.8 Å². The summed E-state index contributed by atoms with van der Waals surface area (Å²) >= 11 is 0. The zero-order chi connectivity index (χ0) is 6.69. The molecule has 0 radical (unpaired) electrons. The van der Waals surface area contributed by atoms with Crippen LogP contribution in [0.2, 0.25) is 0 Å². The van der Waals surface area contributed by atoms with Gasteiger partial charge in [-0.3, -0.25) is 0 Å². The largest absolute Gasteiger partial charge is 0.393 e. The van der Waals surface area contributed by atoms with Crippen LogP contribution in [0.1, 0.15) is 19.3 Å². The summed E-state index contributed by atoms with van der Waals surface area (Å²) < 4.78 is 4.94. The lowest BCUT2D eigenvalue weighted by molar-refractivity contribution is 0.0683. The summed E-state index contributed by atoms with van der Waals surface area (Å²) in [7, 11) is 1.69. The molecule has 1 rings (SSSR count). The Balaban J connectivity index is 2.22. The smallest absolute Gasteiger partial charge is 0.0590 e. The van der Waals surface area contributed by atoms with Gasteiger partial charge in [0, 0.05) is 13.0 Å². The van der Waals surface area contributed by atoms with E-state index >= 15 is 0 Å². The van der Waals surface area contributed by atoms with E-state index in [2.05, 4.69) is 0 Å². The van der Waals surface area contributed by atoms with E-state index in [9.17, 15) is 5.11 Å². The Kier molecular flexibility index (Phi) is 2.49. The molecule has 2 nitrogen and oxygen atoms in total. The lowest BCUT2D eigenvalue weighted by Gasteiger charge is -2.11. The lowest BCUT2D eigenvalue weighted by atomic mass is 10.1. The summed E-state index contributed by atoms with van der Waals surface area (Å²) in [6.07, 6.45) is 3.17. The molecular formula is C7H14O2. The van der Waals surface area contributed by atoms with Gasteiger partial charge < -0.3 is 9.84 Å². The highest BCUT2D eigenvalue weighted by atomic mass is 16.5. The third kappa shape index (κ3) is 1.66. The summed E-state index contributed by atoms with van der Waals surface area (Å²) in [4.78, 5) is 0. The molecule has 0 spiro atoms. The van der Waals surface area contributed by atoms with Crippen molar-refractivity contribution >= 4 is 0 Å². The highest BCUT2D eigenvalue weighted by Gasteiger charge is 2.24. The van der Waals surface area contributed by atoms with Gasteiger partial charge in [-0.15, -0.1) is 0 Å². The van der Waals surface area contributed by atoms with Crippen LogP contribution >= 0.6 is 0 Å². The number of hydrogen-bond donors (Lipinski definition) is 1. The van der Waals surface area contributed by atoms with Crippen LogP contribution in [0, 0.1) is 5.92 Å². The van der Waals surface area contributed by atoms with E-state index in [-0.39, 0.29) is 6.10 Å². The molecule has 0 bridgehead atoms. The minimum atomic E-state index is -0.0926. The van der Waals surface area contributed by atoms with Gasteiger partial charge in [0.25, 0.3) is 0 Å². The van der Waals surface area contributed by atoms with Gasteiger partial charge in [-0.05, 0) is 12.8 Å². The minimum Gasteiger partial charge on any atom is -0.393 e. The molecular weight excluding hydrogens is 116 g/mol. The second kappa shape index (κ2) is 3.18. The number of aliphatic hydroxyl groups is 1. The molecule has 1 aliphatic carbocycles. The SMILES string of the molecule is COC[C@@H]1CCC[C@@H]1O. The number of ether oxygens (including phenoxy) is 1. The Morgan fingerprint density at radius 3 is 2.78 bits per heavy atom. The molecule has 0 aromatic carbocycles. The summed E-state index contributed by atoms with van der Waals surface area (Å²) in [5.41, 5.74) is 0. The van der Waals surface area contributed by atoms with Gasteiger partial charge >= 0.3 is 0 Å². The maximum Gasteiger partial charge on any atom is 0.0590 e. The van der Waals surface area contributed by atoms with Gasteiger partial charge in [0.1, 0.15) is 0 Å². The Morgan fingerprint density at radius 2 is 2.33 bits per heavy atom. The highest BCUT2D eigenvalue weighted by molar-refractivity contribution is 4.75. The van der Waals surface area contributed by atoms with Gasteiger partial charge in [0.15, 0.2) is 0 Å². The predicted octanol–water partition coefficient (Wildman–Crippen LogP) is 0.794. The molecule has 1 fully saturated rings. The normalized spacial score (nSPS) is 35.3. The molecule has 1 aliphatic rings. The minimum absolute atomic E-state index is 0.0926. The number of methoxy groups -OCH3 is 1. The Bertz CT molecular complexity index is 83.0. The highest BCUT2D eigenvalue weighted by Crippen LogP contribution is 2.25. The van der Waals surface area contributed by atoms with Crippen LogP contribution in [0.15, 0.2) is 0 Å². The second-order valence-corrected chi connectivity index (χ2v) is 2.71. The van der Waals surface area contributed by atoms with E-state index < -0.39 is 0 Å². The second-order valence-electron chi connectivity index (χ2n) is 2.71. The molecule has 0 amide bonds. The van der Waals surface area contributed by atoms with Crippen molar-refractivity contribution in [2.75, 3.05) is 13.7 Å².